The number of aliphatic hydroxyl groups is 2. The molecule has 2 unspecified atom stereocenters. The van der Waals surface area contributed by atoms with E-state index in [9.17, 15) is 10.2 Å². The minimum absolute atomic E-state index is 0.146. The Labute approximate surface area is 73.8 Å². The van der Waals surface area contributed by atoms with Gasteiger partial charge >= 0.3 is 0 Å². The molecule has 72 valence electrons. The zero-order valence-corrected chi connectivity index (χ0v) is 7.50. The first-order valence-corrected chi connectivity index (χ1v) is 4.86. The summed E-state index contributed by atoms with van der Waals surface area (Å²) < 4.78 is 0. The second-order valence-electron chi connectivity index (χ2n) is 3.58. The van der Waals surface area contributed by atoms with E-state index < -0.39 is 0 Å². The van der Waals surface area contributed by atoms with Crippen molar-refractivity contribution in [2.75, 3.05) is 13.1 Å². The van der Waals surface area contributed by atoms with E-state index in [1.54, 1.807) is 0 Å². The van der Waals surface area contributed by atoms with Gasteiger partial charge in [-0.15, -0.1) is 0 Å². The third kappa shape index (κ3) is 4.04. The van der Waals surface area contributed by atoms with Crippen LogP contribution in [0.25, 0.3) is 0 Å². The van der Waals surface area contributed by atoms with Crippen molar-refractivity contribution in [2.45, 2.75) is 44.3 Å². The highest BCUT2D eigenvalue weighted by atomic mass is 16.3. The highest BCUT2D eigenvalue weighted by Crippen LogP contribution is 2.09. The summed E-state index contributed by atoms with van der Waals surface area (Å²) in [4.78, 5) is 0. The van der Waals surface area contributed by atoms with Gasteiger partial charge in [0.05, 0.1) is 12.2 Å². The molecule has 0 spiro atoms. The fourth-order valence-electron chi connectivity index (χ4n) is 1.54. The number of aliphatic hydroxyl groups excluding tert-OH is 2. The smallest absolute Gasteiger partial charge is 0.0664 e. The third-order valence-electron chi connectivity index (χ3n) is 2.36. The van der Waals surface area contributed by atoms with Gasteiger partial charge in [0.25, 0.3) is 0 Å². The summed E-state index contributed by atoms with van der Waals surface area (Å²) in [7, 11) is 0. The van der Waals surface area contributed by atoms with E-state index in [-0.39, 0.29) is 12.2 Å². The molecule has 1 saturated heterocycles. The minimum Gasteiger partial charge on any atom is -0.393 e. The Balaban J connectivity index is 2.20. The lowest BCUT2D eigenvalue weighted by molar-refractivity contribution is 0.124. The maximum Gasteiger partial charge on any atom is 0.0664 e. The first-order valence-electron chi connectivity index (χ1n) is 4.86. The van der Waals surface area contributed by atoms with Crippen molar-refractivity contribution in [3.05, 3.63) is 0 Å². The van der Waals surface area contributed by atoms with Gasteiger partial charge in [-0.25, -0.2) is 0 Å². The normalized spacial score (nSPS) is 34.5. The maximum absolute atomic E-state index is 9.39. The van der Waals surface area contributed by atoms with Gasteiger partial charge < -0.3 is 15.5 Å². The average Bonchev–Trinajstić information content (AvgIpc) is 2.06. The van der Waals surface area contributed by atoms with Crippen molar-refractivity contribution < 1.29 is 10.2 Å². The van der Waals surface area contributed by atoms with Crippen LogP contribution in [0.3, 0.4) is 0 Å². The fraction of sp³-hybridized carbons (Fsp3) is 1.00. The summed E-state index contributed by atoms with van der Waals surface area (Å²) in [5.41, 5.74) is 0. The molecule has 1 aliphatic rings. The average molecular weight is 173 g/mol. The number of hydrogen-bond donors (Lipinski definition) is 3. The van der Waals surface area contributed by atoms with Crippen LogP contribution < -0.4 is 5.32 Å². The van der Waals surface area contributed by atoms with E-state index in [2.05, 4.69) is 5.32 Å². The standard InChI is InChI=1S/C9H19NO2/c11-8-3-1-2-4-9(12)7-10-6-5-8/h8-12H,1-7H2. The van der Waals surface area contributed by atoms with Gasteiger partial charge in [-0.1, -0.05) is 12.8 Å². The molecule has 12 heavy (non-hydrogen) atoms. The topological polar surface area (TPSA) is 52.5 Å². The van der Waals surface area contributed by atoms with Crippen LogP contribution in [0.4, 0.5) is 0 Å². The molecule has 0 bridgehead atoms. The van der Waals surface area contributed by atoms with Crippen LogP contribution >= 0.6 is 0 Å². The molecule has 1 aliphatic heterocycles. The van der Waals surface area contributed by atoms with E-state index in [0.717, 1.165) is 38.6 Å². The Morgan fingerprint density at radius 1 is 0.917 bits per heavy atom. The molecule has 0 aliphatic carbocycles. The predicted octanol–water partition coefficient (Wildman–Crippen LogP) is 0.262. The van der Waals surface area contributed by atoms with Crippen molar-refractivity contribution in [3.8, 4) is 0 Å². The third-order valence-corrected chi connectivity index (χ3v) is 2.36. The highest BCUT2D eigenvalue weighted by molar-refractivity contribution is 4.66. The van der Waals surface area contributed by atoms with Gasteiger partial charge in [-0.3, -0.25) is 0 Å². The molecule has 3 heteroatoms. The fourth-order valence-corrected chi connectivity index (χ4v) is 1.54. The van der Waals surface area contributed by atoms with Crippen molar-refractivity contribution in [2.24, 2.45) is 0 Å². The Morgan fingerprint density at radius 2 is 1.58 bits per heavy atom. The Kier molecular flexibility index (Phi) is 4.58. The Hall–Kier alpha value is -0.120. The summed E-state index contributed by atoms with van der Waals surface area (Å²) in [6.07, 6.45) is 4.28. The van der Waals surface area contributed by atoms with Crippen LogP contribution in [0.1, 0.15) is 32.1 Å². The van der Waals surface area contributed by atoms with Crippen molar-refractivity contribution in [1.29, 1.82) is 0 Å². The molecule has 0 radical (unpaired) electrons. The molecule has 0 saturated carbocycles. The van der Waals surface area contributed by atoms with Crippen molar-refractivity contribution >= 4 is 0 Å². The molecule has 0 aromatic rings. The molecule has 3 N–H and O–H groups in total. The van der Waals surface area contributed by atoms with E-state index in [0.29, 0.717) is 6.54 Å². The first kappa shape index (κ1) is 9.96. The monoisotopic (exact) mass is 173 g/mol. The number of β-amino-alcohol motifs (C(OH)–C–C–N with tert-alkyl or cyclic N) is 1. The lowest BCUT2D eigenvalue weighted by atomic mass is 10.0. The summed E-state index contributed by atoms with van der Waals surface area (Å²) in [5, 5.41) is 21.9. The van der Waals surface area contributed by atoms with Gasteiger partial charge in [-0.05, 0) is 25.8 Å². The van der Waals surface area contributed by atoms with E-state index in [1.807, 2.05) is 0 Å². The molecule has 1 heterocycles. The number of rotatable bonds is 0. The van der Waals surface area contributed by atoms with Crippen LogP contribution in [0.15, 0.2) is 0 Å². The Bertz CT molecular complexity index is 93.1. The lowest BCUT2D eigenvalue weighted by Gasteiger charge is -2.16. The molecule has 0 amide bonds. The number of nitrogens with one attached hydrogen (secondary N) is 1. The van der Waals surface area contributed by atoms with E-state index in [1.165, 1.54) is 0 Å². The van der Waals surface area contributed by atoms with Gasteiger partial charge in [-0.2, -0.15) is 0 Å². The molecule has 2 atom stereocenters. The summed E-state index contributed by atoms with van der Waals surface area (Å²) in [6, 6.07) is 0. The van der Waals surface area contributed by atoms with Crippen LogP contribution in [0, 0.1) is 0 Å². The minimum atomic E-state index is -0.194. The van der Waals surface area contributed by atoms with E-state index >= 15 is 0 Å². The zero-order chi connectivity index (χ0) is 8.81. The largest absolute Gasteiger partial charge is 0.393 e. The van der Waals surface area contributed by atoms with Gasteiger partial charge in [0, 0.05) is 6.54 Å². The van der Waals surface area contributed by atoms with Gasteiger partial charge in [0.2, 0.25) is 0 Å². The summed E-state index contributed by atoms with van der Waals surface area (Å²) in [5.74, 6) is 0. The Morgan fingerprint density at radius 3 is 2.33 bits per heavy atom. The molecule has 1 rings (SSSR count). The summed E-state index contributed by atoms with van der Waals surface area (Å²) in [6.45, 7) is 1.49. The second-order valence-corrected chi connectivity index (χ2v) is 3.58. The second kappa shape index (κ2) is 5.51. The van der Waals surface area contributed by atoms with Crippen LogP contribution in [-0.4, -0.2) is 35.5 Å². The van der Waals surface area contributed by atoms with E-state index in [4.69, 9.17) is 0 Å². The van der Waals surface area contributed by atoms with Crippen LogP contribution in [-0.2, 0) is 0 Å². The SMILES string of the molecule is OC1CCCCC(O)CNCC1. The quantitative estimate of drug-likeness (QED) is 0.492. The summed E-state index contributed by atoms with van der Waals surface area (Å²) >= 11 is 0. The molecular formula is C9H19NO2. The molecule has 1 fully saturated rings. The first-order chi connectivity index (χ1) is 5.79. The molecule has 3 nitrogen and oxygen atoms in total. The van der Waals surface area contributed by atoms with Crippen molar-refractivity contribution in [1.82, 2.24) is 5.32 Å². The van der Waals surface area contributed by atoms with Gasteiger partial charge in [0.1, 0.15) is 0 Å². The maximum atomic E-state index is 9.39. The lowest BCUT2D eigenvalue weighted by Crippen LogP contribution is -2.30. The van der Waals surface area contributed by atoms with Crippen molar-refractivity contribution in [3.63, 3.8) is 0 Å². The van der Waals surface area contributed by atoms with Crippen LogP contribution in [0.5, 0.6) is 0 Å². The zero-order valence-electron chi connectivity index (χ0n) is 7.50. The van der Waals surface area contributed by atoms with Crippen LogP contribution in [0.2, 0.25) is 0 Å². The molecule has 0 aromatic heterocycles. The molecular weight excluding hydrogens is 154 g/mol. The van der Waals surface area contributed by atoms with Gasteiger partial charge in [0.15, 0.2) is 0 Å². The predicted molar refractivity (Wildman–Crippen MR) is 48.0 cm³/mol. The molecule has 0 aromatic carbocycles. The highest BCUT2D eigenvalue weighted by Gasteiger charge is 2.09. The number of hydrogen-bond acceptors (Lipinski definition) is 3.